The number of tetrazole rings is 1. The molecule has 0 fully saturated rings. The molecule has 0 saturated carbocycles. The van der Waals surface area contributed by atoms with Gasteiger partial charge >= 0.3 is 6.03 Å². The fourth-order valence-electron chi connectivity index (χ4n) is 3.02. The van der Waals surface area contributed by atoms with Crippen molar-refractivity contribution < 1.29 is 9.59 Å². The maximum absolute atomic E-state index is 13.3. The minimum atomic E-state index is -0.379. The monoisotopic (exact) mass is 362 g/mol. The lowest BCUT2D eigenvalue weighted by atomic mass is 10.1. The first-order valence-corrected chi connectivity index (χ1v) is 9.23. The van der Waals surface area contributed by atoms with E-state index in [2.05, 4.69) is 20.8 Å². The number of carbonyl (C=O) groups is 2. The van der Waals surface area contributed by atoms with Crippen molar-refractivity contribution in [2.24, 2.45) is 0 Å². The number of carbonyl (C=O) groups excluding carboxylic acids is 2. The van der Waals surface area contributed by atoms with Crippen LogP contribution in [0.4, 0.5) is 4.79 Å². The molecule has 0 saturated heterocycles. The standard InChI is InChI=1S/C16H22N6O2S/c1-9(2)18-16(24)22(10(3)4)14(23)13-11-6-5-7-12(11)25-15(13)21-8-17-19-20-21/h8-10H,5-7H2,1-4H3,(H,18,24). The second-order valence-corrected chi connectivity index (χ2v) is 7.75. The molecule has 134 valence electrons. The first kappa shape index (κ1) is 17.5. The van der Waals surface area contributed by atoms with Gasteiger partial charge in [-0.25, -0.2) is 4.79 Å². The van der Waals surface area contributed by atoms with Gasteiger partial charge in [-0.1, -0.05) is 0 Å². The molecule has 0 atom stereocenters. The number of fused-ring (bicyclic) bond motifs is 1. The smallest absolute Gasteiger partial charge is 0.324 e. The van der Waals surface area contributed by atoms with E-state index in [1.165, 1.54) is 32.1 Å². The number of imide groups is 1. The van der Waals surface area contributed by atoms with Crippen molar-refractivity contribution in [3.63, 3.8) is 0 Å². The molecule has 3 amide bonds. The Morgan fingerprint density at radius 1 is 1.28 bits per heavy atom. The number of hydrogen-bond acceptors (Lipinski definition) is 6. The SMILES string of the molecule is CC(C)NC(=O)N(C(=O)c1c(-n2cnnn2)sc2c1CCC2)C(C)C. The number of rotatable bonds is 4. The quantitative estimate of drug-likeness (QED) is 0.900. The molecule has 2 aromatic rings. The summed E-state index contributed by atoms with van der Waals surface area (Å²) in [6.45, 7) is 7.41. The van der Waals surface area contributed by atoms with Gasteiger partial charge in [0.2, 0.25) is 0 Å². The Kier molecular flexibility index (Phi) is 4.85. The number of aromatic nitrogens is 4. The lowest BCUT2D eigenvalue weighted by Crippen LogP contribution is -2.49. The van der Waals surface area contributed by atoms with Gasteiger partial charge in [0.1, 0.15) is 11.3 Å². The maximum Gasteiger partial charge on any atom is 0.324 e. The Morgan fingerprint density at radius 2 is 2.04 bits per heavy atom. The summed E-state index contributed by atoms with van der Waals surface area (Å²) in [6, 6.07) is -0.686. The molecule has 0 unspecified atom stereocenters. The van der Waals surface area contributed by atoms with E-state index in [0.29, 0.717) is 10.6 Å². The van der Waals surface area contributed by atoms with Gasteiger partial charge in [-0.15, -0.1) is 16.4 Å². The molecule has 1 aliphatic rings. The van der Waals surface area contributed by atoms with Crippen molar-refractivity contribution in [1.29, 1.82) is 0 Å². The molecule has 8 nitrogen and oxygen atoms in total. The van der Waals surface area contributed by atoms with E-state index < -0.39 is 0 Å². The van der Waals surface area contributed by atoms with Gasteiger partial charge in [-0.2, -0.15) is 4.68 Å². The van der Waals surface area contributed by atoms with Gasteiger partial charge in [-0.3, -0.25) is 9.69 Å². The summed E-state index contributed by atoms with van der Waals surface area (Å²) >= 11 is 1.53. The first-order valence-electron chi connectivity index (χ1n) is 8.42. The highest BCUT2D eigenvalue weighted by Crippen LogP contribution is 2.38. The Hall–Kier alpha value is -2.29. The fourth-order valence-corrected chi connectivity index (χ4v) is 4.32. The molecule has 0 radical (unpaired) electrons. The summed E-state index contributed by atoms with van der Waals surface area (Å²) in [6.07, 6.45) is 4.29. The number of nitrogens with zero attached hydrogens (tertiary/aromatic N) is 5. The lowest BCUT2D eigenvalue weighted by molar-refractivity contribution is 0.0760. The predicted molar refractivity (Wildman–Crippen MR) is 94.0 cm³/mol. The van der Waals surface area contributed by atoms with E-state index in [1.54, 1.807) is 0 Å². The Bertz CT molecular complexity index is 781. The maximum atomic E-state index is 13.3. The number of urea groups is 1. The second kappa shape index (κ2) is 6.91. The highest BCUT2D eigenvalue weighted by atomic mass is 32.1. The summed E-state index contributed by atoms with van der Waals surface area (Å²) in [5.41, 5.74) is 1.58. The van der Waals surface area contributed by atoms with Crippen molar-refractivity contribution >= 4 is 23.3 Å². The van der Waals surface area contributed by atoms with E-state index in [-0.39, 0.29) is 24.0 Å². The highest BCUT2D eigenvalue weighted by molar-refractivity contribution is 7.15. The van der Waals surface area contributed by atoms with Crippen LogP contribution in [0.25, 0.3) is 5.00 Å². The molecule has 3 rings (SSSR count). The Balaban J connectivity index is 2.05. The van der Waals surface area contributed by atoms with Crippen molar-refractivity contribution in [1.82, 2.24) is 30.4 Å². The zero-order valence-electron chi connectivity index (χ0n) is 14.8. The molecule has 9 heteroatoms. The number of amides is 3. The van der Waals surface area contributed by atoms with Crippen LogP contribution in [0, 0.1) is 0 Å². The molecule has 0 spiro atoms. The van der Waals surface area contributed by atoms with E-state index >= 15 is 0 Å². The summed E-state index contributed by atoms with van der Waals surface area (Å²) in [4.78, 5) is 28.4. The summed E-state index contributed by atoms with van der Waals surface area (Å²) < 4.78 is 1.51. The third-order valence-corrected chi connectivity index (χ3v) is 5.32. The zero-order valence-corrected chi connectivity index (χ0v) is 15.6. The minimum Gasteiger partial charge on any atom is -0.335 e. The van der Waals surface area contributed by atoms with Crippen LogP contribution in [-0.4, -0.2) is 49.1 Å². The second-order valence-electron chi connectivity index (χ2n) is 6.66. The van der Waals surface area contributed by atoms with E-state index in [1.807, 2.05) is 27.7 Å². The van der Waals surface area contributed by atoms with Gasteiger partial charge in [0.15, 0.2) is 0 Å². The third kappa shape index (κ3) is 3.28. The molecule has 2 aromatic heterocycles. The molecule has 0 aromatic carbocycles. The first-order chi connectivity index (χ1) is 11.9. The number of aryl methyl sites for hydroxylation is 1. The van der Waals surface area contributed by atoms with Crippen LogP contribution in [0.2, 0.25) is 0 Å². The van der Waals surface area contributed by atoms with Crippen molar-refractivity contribution in [2.45, 2.75) is 59.0 Å². The van der Waals surface area contributed by atoms with Gasteiger partial charge in [-0.05, 0) is 62.9 Å². The number of nitrogens with one attached hydrogen (secondary N) is 1. The van der Waals surface area contributed by atoms with Crippen LogP contribution < -0.4 is 5.32 Å². The van der Waals surface area contributed by atoms with Crippen LogP contribution in [0.1, 0.15) is 54.9 Å². The molecule has 0 bridgehead atoms. The van der Waals surface area contributed by atoms with Crippen molar-refractivity contribution in [2.75, 3.05) is 0 Å². The van der Waals surface area contributed by atoms with E-state index in [0.717, 1.165) is 24.8 Å². The molecule has 25 heavy (non-hydrogen) atoms. The van der Waals surface area contributed by atoms with E-state index in [9.17, 15) is 9.59 Å². The molecular weight excluding hydrogens is 340 g/mol. The van der Waals surface area contributed by atoms with Crippen molar-refractivity contribution in [3.05, 3.63) is 22.3 Å². The van der Waals surface area contributed by atoms with Crippen LogP contribution in [-0.2, 0) is 12.8 Å². The zero-order chi connectivity index (χ0) is 18.1. The van der Waals surface area contributed by atoms with Gasteiger partial charge in [0.05, 0.1) is 5.56 Å². The van der Waals surface area contributed by atoms with Crippen LogP contribution >= 0.6 is 11.3 Å². The van der Waals surface area contributed by atoms with Gasteiger partial charge in [0, 0.05) is 17.0 Å². The minimum absolute atomic E-state index is 0.0475. The summed E-state index contributed by atoms with van der Waals surface area (Å²) in [5.74, 6) is -0.293. The van der Waals surface area contributed by atoms with Crippen LogP contribution in [0.5, 0.6) is 0 Å². The Labute approximate surface area is 150 Å². The molecule has 2 heterocycles. The third-order valence-electron chi connectivity index (χ3n) is 4.04. The normalized spacial score (nSPS) is 13.4. The van der Waals surface area contributed by atoms with Crippen molar-refractivity contribution in [3.8, 4) is 5.00 Å². The molecular formula is C16H22N6O2S. The van der Waals surface area contributed by atoms with Gasteiger partial charge in [0.25, 0.3) is 5.91 Å². The molecule has 1 N–H and O–H groups in total. The number of thiophene rings is 1. The lowest BCUT2D eigenvalue weighted by Gasteiger charge is -2.26. The number of hydrogen-bond donors (Lipinski definition) is 1. The predicted octanol–water partition coefficient (Wildman–Crippen LogP) is 2.18. The van der Waals surface area contributed by atoms with Gasteiger partial charge < -0.3 is 5.32 Å². The van der Waals surface area contributed by atoms with E-state index in [4.69, 9.17) is 0 Å². The molecule has 1 aliphatic carbocycles. The summed E-state index contributed by atoms with van der Waals surface area (Å²) in [5, 5.41) is 14.8. The van der Waals surface area contributed by atoms with Crippen LogP contribution in [0.3, 0.4) is 0 Å². The largest absolute Gasteiger partial charge is 0.335 e. The highest BCUT2D eigenvalue weighted by Gasteiger charge is 2.34. The topological polar surface area (TPSA) is 93.0 Å². The summed E-state index contributed by atoms with van der Waals surface area (Å²) in [7, 11) is 0. The molecule has 0 aliphatic heterocycles. The average molecular weight is 362 g/mol. The Morgan fingerprint density at radius 3 is 2.64 bits per heavy atom. The van der Waals surface area contributed by atoms with Crippen LogP contribution in [0.15, 0.2) is 6.33 Å². The fraction of sp³-hybridized carbons (Fsp3) is 0.562. The average Bonchev–Trinajstić information content (AvgIpc) is 3.22.